The number of halogens is 1. The molecule has 0 saturated carbocycles. The number of ether oxygens (including phenoxy) is 1. The van der Waals surface area contributed by atoms with Gasteiger partial charge in [0.05, 0.1) is 6.61 Å². The van der Waals surface area contributed by atoms with Crippen molar-refractivity contribution in [2.45, 2.75) is 39.8 Å². The molecule has 0 heterocycles. The first-order valence-corrected chi connectivity index (χ1v) is 4.82. The number of carbonyl (C=O) groups excluding carboxylic acids is 2. The topological polar surface area (TPSA) is 43.4 Å². The lowest BCUT2D eigenvalue weighted by Crippen LogP contribution is -2.27. The summed E-state index contributed by atoms with van der Waals surface area (Å²) in [7, 11) is 0. The maximum Gasteiger partial charge on any atom is 0.348 e. The van der Waals surface area contributed by atoms with Gasteiger partial charge in [0.25, 0.3) is 6.17 Å². The Morgan fingerprint density at radius 3 is 2.36 bits per heavy atom. The Morgan fingerprint density at radius 2 is 1.93 bits per heavy atom. The van der Waals surface area contributed by atoms with Gasteiger partial charge in [0.15, 0.2) is 5.78 Å². The van der Waals surface area contributed by atoms with Crippen LogP contribution in [0.3, 0.4) is 0 Å². The Hall–Kier alpha value is -0.930. The monoisotopic (exact) mass is 204 g/mol. The van der Waals surface area contributed by atoms with Gasteiger partial charge in [-0.1, -0.05) is 13.8 Å². The maximum atomic E-state index is 13.0. The van der Waals surface area contributed by atoms with Crippen LogP contribution in [0.1, 0.15) is 33.6 Å². The highest BCUT2D eigenvalue weighted by molar-refractivity contribution is 6.01. The van der Waals surface area contributed by atoms with Crippen LogP contribution in [-0.2, 0) is 14.3 Å². The van der Waals surface area contributed by atoms with Crippen molar-refractivity contribution in [3.05, 3.63) is 0 Å². The molecule has 14 heavy (non-hydrogen) atoms. The Bertz CT molecular complexity index is 202. The molecular weight excluding hydrogens is 187 g/mol. The van der Waals surface area contributed by atoms with E-state index in [9.17, 15) is 14.0 Å². The number of hydrogen-bond donors (Lipinski definition) is 0. The van der Waals surface area contributed by atoms with Crippen molar-refractivity contribution in [2.24, 2.45) is 5.92 Å². The average Bonchev–Trinajstić information content (AvgIpc) is 2.13. The zero-order chi connectivity index (χ0) is 11.1. The molecule has 0 aromatic carbocycles. The summed E-state index contributed by atoms with van der Waals surface area (Å²) >= 11 is 0. The predicted molar refractivity (Wildman–Crippen MR) is 50.6 cm³/mol. The third-order valence-corrected chi connectivity index (χ3v) is 1.74. The molecule has 0 radical (unpaired) electrons. The Kier molecular flexibility index (Phi) is 6.08. The highest BCUT2D eigenvalue weighted by Gasteiger charge is 2.26. The van der Waals surface area contributed by atoms with Crippen molar-refractivity contribution in [1.82, 2.24) is 0 Å². The van der Waals surface area contributed by atoms with Gasteiger partial charge in [-0.3, -0.25) is 4.79 Å². The Morgan fingerprint density at radius 1 is 1.36 bits per heavy atom. The van der Waals surface area contributed by atoms with Gasteiger partial charge in [-0.2, -0.15) is 0 Å². The Labute approximate surface area is 83.6 Å². The van der Waals surface area contributed by atoms with Gasteiger partial charge in [-0.25, -0.2) is 9.18 Å². The molecule has 3 nitrogen and oxygen atoms in total. The molecule has 0 aliphatic carbocycles. The number of hydrogen-bond acceptors (Lipinski definition) is 3. The lowest BCUT2D eigenvalue weighted by atomic mass is 10.0. The summed E-state index contributed by atoms with van der Waals surface area (Å²) in [4.78, 5) is 21.9. The van der Waals surface area contributed by atoms with Crippen LogP contribution in [0, 0.1) is 5.92 Å². The molecule has 0 aromatic heterocycles. The minimum Gasteiger partial charge on any atom is -0.463 e. The van der Waals surface area contributed by atoms with Crippen LogP contribution >= 0.6 is 0 Å². The fourth-order valence-corrected chi connectivity index (χ4v) is 0.905. The first-order valence-electron chi connectivity index (χ1n) is 4.82. The van der Waals surface area contributed by atoms with E-state index in [1.54, 1.807) is 6.92 Å². The van der Waals surface area contributed by atoms with Crippen molar-refractivity contribution in [3.63, 3.8) is 0 Å². The van der Waals surface area contributed by atoms with Crippen molar-refractivity contribution in [3.8, 4) is 0 Å². The van der Waals surface area contributed by atoms with Crippen LogP contribution in [0.15, 0.2) is 0 Å². The van der Waals surface area contributed by atoms with E-state index in [0.29, 0.717) is 12.3 Å². The number of carbonyl (C=O) groups is 2. The maximum absolute atomic E-state index is 13.0. The summed E-state index contributed by atoms with van der Waals surface area (Å²) in [5, 5.41) is 0. The molecule has 0 rings (SSSR count). The van der Waals surface area contributed by atoms with Gasteiger partial charge in [-0.05, 0) is 19.3 Å². The summed E-state index contributed by atoms with van der Waals surface area (Å²) in [6.07, 6.45) is -1.41. The zero-order valence-corrected chi connectivity index (χ0v) is 8.88. The minimum absolute atomic E-state index is 0.0940. The van der Waals surface area contributed by atoms with E-state index in [4.69, 9.17) is 0 Å². The van der Waals surface area contributed by atoms with Crippen LogP contribution < -0.4 is 0 Å². The summed E-state index contributed by atoms with van der Waals surface area (Å²) in [6, 6.07) is 0. The third-order valence-electron chi connectivity index (χ3n) is 1.74. The minimum atomic E-state index is -2.10. The van der Waals surface area contributed by atoms with Crippen LogP contribution in [-0.4, -0.2) is 24.5 Å². The van der Waals surface area contributed by atoms with Gasteiger partial charge in [0, 0.05) is 6.42 Å². The lowest BCUT2D eigenvalue weighted by molar-refractivity contribution is -0.152. The highest BCUT2D eigenvalue weighted by atomic mass is 19.1. The highest BCUT2D eigenvalue weighted by Crippen LogP contribution is 2.08. The van der Waals surface area contributed by atoms with Crippen molar-refractivity contribution in [2.75, 3.05) is 6.61 Å². The number of rotatable bonds is 6. The molecule has 1 unspecified atom stereocenters. The van der Waals surface area contributed by atoms with Gasteiger partial charge in [0.2, 0.25) is 0 Å². The standard InChI is InChI=1S/C10H17FO3/c1-4-14-10(13)9(11)8(12)6-5-7(2)3/h7,9H,4-6H2,1-3H3. The van der Waals surface area contributed by atoms with Gasteiger partial charge in [0.1, 0.15) is 0 Å². The smallest absolute Gasteiger partial charge is 0.348 e. The van der Waals surface area contributed by atoms with Crippen LogP contribution in [0.2, 0.25) is 0 Å². The second-order valence-electron chi connectivity index (χ2n) is 3.51. The second-order valence-corrected chi connectivity index (χ2v) is 3.51. The zero-order valence-electron chi connectivity index (χ0n) is 8.88. The van der Waals surface area contributed by atoms with E-state index in [0.717, 1.165) is 0 Å². The fraction of sp³-hybridized carbons (Fsp3) is 0.800. The molecule has 0 aliphatic rings. The van der Waals surface area contributed by atoms with Gasteiger partial charge in [-0.15, -0.1) is 0 Å². The van der Waals surface area contributed by atoms with E-state index in [-0.39, 0.29) is 13.0 Å². The summed E-state index contributed by atoms with van der Waals surface area (Å²) in [6.45, 7) is 5.54. The molecule has 0 aliphatic heterocycles. The molecule has 82 valence electrons. The van der Waals surface area contributed by atoms with Crippen molar-refractivity contribution in [1.29, 1.82) is 0 Å². The molecule has 0 bridgehead atoms. The number of alkyl halides is 1. The number of ketones is 1. The average molecular weight is 204 g/mol. The van der Waals surface area contributed by atoms with Crippen LogP contribution in [0.5, 0.6) is 0 Å². The SMILES string of the molecule is CCOC(=O)C(F)C(=O)CCC(C)C. The second kappa shape index (κ2) is 6.51. The third kappa shape index (κ3) is 4.94. The molecule has 0 N–H and O–H groups in total. The van der Waals surface area contributed by atoms with Crippen LogP contribution in [0.25, 0.3) is 0 Å². The van der Waals surface area contributed by atoms with E-state index in [1.165, 1.54) is 0 Å². The first kappa shape index (κ1) is 13.1. The van der Waals surface area contributed by atoms with Gasteiger partial charge < -0.3 is 4.74 Å². The van der Waals surface area contributed by atoms with E-state index < -0.39 is 17.9 Å². The molecule has 0 fully saturated rings. The lowest BCUT2D eigenvalue weighted by Gasteiger charge is -2.07. The quantitative estimate of drug-likeness (QED) is 0.490. The summed E-state index contributed by atoms with van der Waals surface area (Å²) in [5.41, 5.74) is 0. The number of Topliss-reactive ketones (excluding diaryl/α,β-unsaturated/α-hetero) is 1. The Balaban J connectivity index is 3.92. The molecule has 0 spiro atoms. The van der Waals surface area contributed by atoms with Gasteiger partial charge >= 0.3 is 5.97 Å². The number of esters is 1. The molecular formula is C10H17FO3. The summed E-state index contributed by atoms with van der Waals surface area (Å²) in [5.74, 6) is -1.42. The molecule has 1 atom stereocenters. The molecule has 0 aromatic rings. The molecule has 4 heteroatoms. The molecule has 0 amide bonds. The first-order chi connectivity index (χ1) is 6.49. The predicted octanol–water partition coefficient (Wildman–Crippen LogP) is 1.89. The van der Waals surface area contributed by atoms with E-state index in [1.807, 2.05) is 13.8 Å². The van der Waals surface area contributed by atoms with E-state index >= 15 is 0 Å². The molecule has 0 saturated heterocycles. The summed E-state index contributed by atoms with van der Waals surface area (Å²) < 4.78 is 17.4. The van der Waals surface area contributed by atoms with Crippen molar-refractivity contribution < 1.29 is 18.7 Å². The fourth-order valence-electron chi connectivity index (χ4n) is 0.905. The van der Waals surface area contributed by atoms with Crippen molar-refractivity contribution >= 4 is 11.8 Å². The normalized spacial score (nSPS) is 12.6. The van der Waals surface area contributed by atoms with E-state index in [2.05, 4.69) is 4.74 Å². The van der Waals surface area contributed by atoms with Crippen LogP contribution in [0.4, 0.5) is 4.39 Å². The largest absolute Gasteiger partial charge is 0.463 e.